The van der Waals surface area contributed by atoms with Gasteiger partial charge in [0.25, 0.3) is 0 Å². The van der Waals surface area contributed by atoms with Crippen molar-refractivity contribution in [2.45, 2.75) is 125 Å². The molecule has 3 saturated carbocycles. The zero-order chi connectivity index (χ0) is 24.1. The van der Waals surface area contributed by atoms with E-state index in [1.54, 1.807) is 5.57 Å². The Morgan fingerprint density at radius 1 is 1.06 bits per heavy atom. The van der Waals surface area contributed by atoms with E-state index < -0.39 is 8.32 Å². The van der Waals surface area contributed by atoms with Crippen molar-refractivity contribution in [1.29, 1.82) is 0 Å². The summed E-state index contributed by atoms with van der Waals surface area (Å²) in [7, 11) is 4.86. The van der Waals surface area contributed by atoms with E-state index in [-0.39, 0.29) is 5.04 Å². The molecule has 0 N–H and O–H groups in total. The van der Waals surface area contributed by atoms with E-state index in [1.807, 2.05) is 0 Å². The van der Waals surface area contributed by atoms with Crippen LogP contribution in [0.15, 0.2) is 23.3 Å². The predicted molar refractivity (Wildman–Crippen MR) is 145 cm³/mol. The van der Waals surface area contributed by atoms with E-state index in [0.717, 1.165) is 30.1 Å². The third-order valence-electron chi connectivity index (χ3n) is 9.74. The summed E-state index contributed by atoms with van der Waals surface area (Å²) < 4.78 is 6.83. The second kappa shape index (κ2) is 8.99. The van der Waals surface area contributed by atoms with E-state index in [0.29, 0.717) is 22.9 Å². The molecule has 3 fully saturated rings. The van der Waals surface area contributed by atoms with Crippen LogP contribution in [0.5, 0.6) is 0 Å². The van der Waals surface area contributed by atoms with Gasteiger partial charge in [-0.15, -0.1) is 0 Å². The molecule has 3 heteroatoms. The Labute approximate surface area is 202 Å². The molecule has 0 spiro atoms. The summed E-state index contributed by atoms with van der Waals surface area (Å²) in [5.74, 6) is 1.97. The van der Waals surface area contributed by atoms with Gasteiger partial charge in [0.1, 0.15) is 0 Å². The molecule has 1 nitrogen and oxygen atoms in total. The molecular weight excluding hydrogens is 403 g/mol. The van der Waals surface area contributed by atoms with Gasteiger partial charge in [-0.25, -0.2) is 0 Å². The topological polar surface area (TPSA) is 9.23 Å². The van der Waals surface area contributed by atoms with Crippen LogP contribution in [0.2, 0.25) is 18.1 Å². The summed E-state index contributed by atoms with van der Waals surface area (Å²) in [6.07, 6.45) is 13.9. The second-order valence-electron chi connectivity index (χ2n) is 14.1. The molecular formula is C29H50BOSi. The average Bonchev–Trinajstić information content (AvgIpc) is 3.00. The fourth-order valence-corrected chi connectivity index (χ4v) is 8.37. The standard InChI is InChI=1S/C29H50BOSi/c1-20-18-23(31-32(9,10)28(5,6)7)19-22(26(20)30)14-13-21-12-11-17-29(8)24(21)15-16-25(29)27(2,3)4/h13-14,20,23-25H,11-12,15-19H2,1-10H3/b21-13+,22-14-/t20-,23-,24-,25?,29-/m0/s1. The third kappa shape index (κ3) is 5.14. The summed E-state index contributed by atoms with van der Waals surface area (Å²) in [4.78, 5) is 0. The Bertz CT molecular complexity index is 778. The van der Waals surface area contributed by atoms with Gasteiger partial charge in [-0.2, -0.15) is 0 Å². The van der Waals surface area contributed by atoms with Crippen LogP contribution in [0, 0.1) is 28.6 Å². The number of rotatable bonds is 3. The molecule has 0 aromatic carbocycles. The number of allylic oxidation sites excluding steroid dienone is 3. The minimum absolute atomic E-state index is 0.243. The monoisotopic (exact) mass is 453 g/mol. The van der Waals surface area contributed by atoms with Crippen molar-refractivity contribution >= 4 is 21.3 Å². The van der Waals surface area contributed by atoms with Crippen LogP contribution in [0.4, 0.5) is 0 Å². The summed E-state index contributed by atoms with van der Waals surface area (Å²) >= 11 is 0. The summed E-state index contributed by atoms with van der Waals surface area (Å²) in [5, 5.41) is 0.243. The molecule has 3 aliphatic rings. The first kappa shape index (κ1) is 26.2. The van der Waals surface area contributed by atoms with Crippen molar-refractivity contribution in [3.05, 3.63) is 23.3 Å². The van der Waals surface area contributed by atoms with E-state index in [1.165, 1.54) is 37.7 Å². The first-order chi connectivity index (χ1) is 14.6. The van der Waals surface area contributed by atoms with Crippen molar-refractivity contribution in [2.75, 3.05) is 0 Å². The summed E-state index contributed by atoms with van der Waals surface area (Å²) in [5.41, 5.74) is 4.97. The molecule has 0 aliphatic heterocycles. The SMILES string of the molecule is [B]=C1/C(=C\C=C2/CCC[C@]3(C)C(C(C)(C)C)CC[C@@H]23)C[C@@H](O[Si](C)(C)C(C)(C)C)C[C@@H]1C. The van der Waals surface area contributed by atoms with Crippen LogP contribution >= 0.6 is 0 Å². The maximum absolute atomic E-state index is 6.83. The van der Waals surface area contributed by atoms with Crippen molar-refractivity contribution in [3.63, 3.8) is 0 Å². The van der Waals surface area contributed by atoms with Gasteiger partial charge < -0.3 is 0 Å². The van der Waals surface area contributed by atoms with Gasteiger partial charge in [-0.3, -0.25) is 0 Å². The molecule has 0 saturated heterocycles. The van der Waals surface area contributed by atoms with Crippen LogP contribution < -0.4 is 0 Å². The first-order valence-corrected chi connectivity index (χ1v) is 16.2. The van der Waals surface area contributed by atoms with E-state index in [4.69, 9.17) is 11.9 Å². The maximum atomic E-state index is 6.83. The van der Waals surface area contributed by atoms with Crippen LogP contribution in [0.25, 0.3) is 0 Å². The molecule has 0 aromatic rings. The van der Waals surface area contributed by atoms with E-state index >= 15 is 0 Å². The van der Waals surface area contributed by atoms with Crippen LogP contribution in [-0.4, -0.2) is 27.4 Å². The number of hydrogen-bond donors (Lipinski definition) is 0. The molecule has 179 valence electrons. The van der Waals surface area contributed by atoms with Gasteiger partial charge in [-0.1, -0.05) is 0 Å². The zero-order valence-electron chi connectivity index (χ0n) is 22.9. The van der Waals surface area contributed by atoms with Gasteiger partial charge in [-0.05, 0) is 0 Å². The normalized spacial score (nSPS) is 37.2. The molecule has 5 atom stereocenters. The molecule has 3 rings (SSSR count). The van der Waals surface area contributed by atoms with Crippen molar-refractivity contribution in [1.82, 2.24) is 0 Å². The Kier molecular flexibility index (Phi) is 7.36. The predicted octanol–water partition coefficient (Wildman–Crippen LogP) is 8.26. The molecule has 0 heterocycles. The van der Waals surface area contributed by atoms with Gasteiger partial charge in [0.05, 0.1) is 0 Å². The van der Waals surface area contributed by atoms with Gasteiger partial charge >= 0.3 is 202 Å². The molecule has 0 aromatic heterocycles. The molecule has 0 amide bonds. The molecule has 0 bridgehead atoms. The Morgan fingerprint density at radius 3 is 2.31 bits per heavy atom. The Balaban J connectivity index is 1.81. The van der Waals surface area contributed by atoms with Crippen LogP contribution in [0.1, 0.15) is 100 Å². The number of fused-ring (bicyclic) bond motifs is 1. The average molecular weight is 454 g/mol. The first-order valence-electron chi connectivity index (χ1n) is 13.3. The minimum atomic E-state index is -1.77. The van der Waals surface area contributed by atoms with E-state index in [2.05, 4.69) is 80.6 Å². The van der Waals surface area contributed by atoms with Crippen LogP contribution in [-0.2, 0) is 4.43 Å². The molecule has 3 aliphatic carbocycles. The quantitative estimate of drug-likeness (QED) is 0.391. The number of hydrogen-bond acceptors (Lipinski definition) is 1. The summed E-state index contributed by atoms with van der Waals surface area (Å²) in [6.45, 7) is 24.0. The van der Waals surface area contributed by atoms with Gasteiger partial charge in [0.2, 0.25) is 0 Å². The van der Waals surface area contributed by atoms with Crippen molar-refractivity contribution < 1.29 is 4.43 Å². The van der Waals surface area contributed by atoms with Gasteiger partial charge in [0.15, 0.2) is 0 Å². The molecule has 1 unspecified atom stereocenters. The Morgan fingerprint density at radius 2 is 1.72 bits per heavy atom. The fourth-order valence-electron chi connectivity index (χ4n) is 7.00. The van der Waals surface area contributed by atoms with E-state index in [9.17, 15) is 0 Å². The summed E-state index contributed by atoms with van der Waals surface area (Å²) in [6, 6.07) is 0. The third-order valence-corrected chi connectivity index (χ3v) is 14.3. The molecule has 32 heavy (non-hydrogen) atoms. The fraction of sp³-hybridized carbons (Fsp3) is 0.828. The Hall–Kier alpha value is -0.408. The zero-order valence-corrected chi connectivity index (χ0v) is 23.9. The van der Waals surface area contributed by atoms with Gasteiger partial charge in [0, 0.05) is 0 Å². The van der Waals surface area contributed by atoms with Crippen LogP contribution in [0.3, 0.4) is 0 Å². The second-order valence-corrected chi connectivity index (χ2v) is 18.9. The van der Waals surface area contributed by atoms with Crippen molar-refractivity contribution in [3.8, 4) is 0 Å². The molecule has 1 radical (unpaired) electrons. The van der Waals surface area contributed by atoms with Crippen molar-refractivity contribution in [2.24, 2.45) is 28.6 Å².